The van der Waals surface area contributed by atoms with E-state index in [1.807, 2.05) is 0 Å². The highest BCUT2D eigenvalue weighted by Gasteiger charge is 2.02. The van der Waals surface area contributed by atoms with Gasteiger partial charge >= 0.3 is 0 Å². The predicted molar refractivity (Wildman–Crippen MR) is 66.9 cm³/mol. The van der Waals surface area contributed by atoms with Gasteiger partial charge in [-0.1, -0.05) is 0 Å². The first-order chi connectivity index (χ1) is 7.63. The summed E-state index contributed by atoms with van der Waals surface area (Å²) in [5, 5.41) is 3.20. The second-order valence-electron chi connectivity index (χ2n) is 3.88. The van der Waals surface area contributed by atoms with Crippen LogP contribution in [0.3, 0.4) is 0 Å². The molecule has 0 saturated carbocycles. The second-order valence-corrected chi connectivity index (χ2v) is 3.88. The number of pyridine rings is 1. The number of rotatable bonds is 6. The van der Waals surface area contributed by atoms with Gasteiger partial charge in [0.05, 0.1) is 12.8 Å². The highest BCUT2D eigenvalue weighted by atomic mass is 16.5. The molecule has 1 aromatic heterocycles. The van der Waals surface area contributed by atoms with Crippen molar-refractivity contribution < 1.29 is 4.74 Å². The van der Waals surface area contributed by atoms with Crippen LogP contribution in [0.1, 0.15) is 6.42 Å². The summed E-state index contributed by atoms with van der Waals surface area (Å²) in [6, 6.07) is 3.54. The van der Waals surface area contributed by atoms with Crippen LogP contribution in [0.2, 0.25) is 0 Å². The fourth-order valence-corrected chi connectivity index (χ4v) is 1.31. The van der Waals surface area contributed by atoms with Crippen molar-refractivity contribution >= 4 is 11.5 Å². The molecule has 0 amide bonds. The Balaban J connectivity index is 2.46. The topological polar surface area (TPSA) is 63.4 Å². The summed E-state index contributed by atoms with van der Waals surface area (Å²) in [6.07, 6.45) is 1.05. The molecule has 16 heavy (non-hydrogen) atoms. The molecule has 0 aliphatic rings. The smallest absolute Gasteiger partial charge is 0.215 e. The van der Waals surface area contributed by atoms with E-state index in [1.54, 1.807) is 19.2 Å². The Labute approximate surface area is 96.6 Å². The molecule has 0 bridgehead atoms. The fraction of sp³-hybridized carbons (Fsp3) is 0.545. The van der Waals surface area contributed by atoms with E-state index in [4.69, 9.17) is 10.5 Å². The summed E-state index contributed by atoms with van der Waals surface area (Å²) in [4.78, 5) is 6.38. The molecule has 0 unspecified atom stereocenters. The highest BCUT2D eigenvalue weighted by Crippen LogP contribution is 2.19. The number of hydrogen-bond donors (Lipinski definition) is 2. The minimum atomic E-state index is 0.573. The predicted octanol–water partition coefficient (Wildman–Crippen LogP) is 1.04. The van der Waals surface area contributed by atoms with Crippen LogP contribution in [0.5, 0.6) is 5.88 Å². The minimum Gasteiger partial charge on any atom is -0.481 e. The standard InChI is InChI=1S/C11H20N4O/c1-15(2)8-4-7-13-11-9(12)5-6-10(14-11)16-3/h5-6H,4,7-8,12H2,1-3H3,(H,13,14). The zero-order valence-electron chi connectivity index (χ0n) is 10.2. The van der Waals surface area contributed by atoms with Crippen molar-refractivity contribution in [3.63, 3.8) is 0 Å². The molecular weight excluding hydrogens is 204 g/mol. The number of methoxy groups -OCH3 is 1. The van der Waals surface area contributed by atoms with Crippen molar-refractivity contribution in [2.24, 2.45) is 0 Å². The first-order valence-electron chi connectivity index (χ1n) is 5.32. The molecule has 0 fully saturated rings. The second kappa shape index (κ2) is 6.17. The molecule has 0 aliphatic heterocycles. The van der Waals surface area contributed by atoms with E-state index in [-0.39, 0.29) is 0 Å². The van der Waals surface area contributed by atoms with Crippen molar-refractivity contribution in [2.75, 3.05) is 45.3 Å². The summed E-state index contributed by atoms with van der Waals surface area (Å²) in [5.41, 5.74) is 6.44. The molecule has 90 valence electrons. The monoisotopic (exact) mass is 224 g/mol. The fourth-order valence-electron chi connectivity index (χ4n) is 1.31. The molecule has 0 atom stereocenters. The molecule has 0 spiro atoms. The molecule has 1 heterocycles. The van der Waals surface area contributed by atoms with Gasteiger partial charge in [0, 0.05) is 12.6 Å². The van der Waals surface area contributed by atoms with E-state index in [0.717, 1.165) is 19.5 Å². The lowest BCUT2D eigenvalue weighted by molar-refractivity contribution is 0.398. The van der Waals surface area contributed by atoms with E-state index >= 15 is 0 Å². The van der Waals surface area contributed by atoms with Gasteiger partial charge in [0.2, 0.25) is 5.88 Å². The molecule has 1 rings (SSSR count). The Morgan fingerprint density at radius 2 is 2.19 bits per heavy atom. The van der Waals surface area contributed by atoms with Crippen LogP contribution in [-0.4, -0.2) is 44.2 Å². The Kier molecular flexibility index (Phi) is 4.85. The SMILES string of the molecule is COc1ccc(N)c(NCCCN(C)C)n1. The number of hydrogen-bond acceptors (Lipinski definition) is 5. The van der Waals surface area contributed by atoms with Gasteiger partial charge in [-0.05, 0) is 33.1 Å². The summed E-state index contributed by atoms with van der Waals surface area (Å²) in [5.74, 6) is 1.27. The van der Waals surface area contributed by atoms with Crippen LogP contribution >= 0.6 is 0 Å². The molecule has 5 nitrogen and oxygen atoms in total. The van der Waals surface area contributed by atoms with Gasteiger partial charge in [-0.25, -0.2) is 0 Å². The lowest BCUT2D eigenvalue weighted by Gasteiger charge is -2.12. The number of anilines is 2. The number of nitrogens with two attached hydrogens (primary N) is 1. The Bertz CT molecular complexity index is 328. The van der Waals surface area contributed by atoms with Crippen molar-refractivity contribution in [3.8, 4) is 5.88 Å². The van der Waals surface area contributed by atoms with Crippen molar-refractivity contribution in [1.29, 1.82) is 0 Å². The van der Waals surface area contributed by atoms with E-state index < -0.39 is 0 Å². The van der Waals surface area contributed by atoms with Gasteiger partial charge in [0.25, 0.3) is 0 Å². The van der Waals surface area contributed by atoms with Gasteiger partial charge in [0.15, 0.2) is 5.82 Å². The summed E-state index contributed by atoms with van der Waals surface area (Å²) >= 11 is 0. The van der Waals surface area contributed by atoms with Crippen LogP contribution in [0, 0.1) is 0 Å². The molecule has 0 saturated heterocycles. The van der Waals surface area contributed by atoms with E-state index in [2.05, 4.69) is 29.3 Å². The van der Waals surface area contributed by atoms with E-state index in [9.17, 15) is 0 Å². The quantitative estimate of drug-likeness (QED) is 0.707. The highest BCUT2D eigenvalue weighted by molar-refractivity contribution is 5.61. The zero-order chi connectivity index (χ0) is 12.0. The first-order valence-corrected chi connectivity index (χ1v) is 5.32. The number of ether oxygens (including phenoxy) is 1. The molecule has 5 heteroatoms. The van der Waals surface area contributed by atoms with Crippen LogP contribution in [-0.2, 0) is 0 Å². The molecule has 1 aromatic rings. The van der Waals surface area contributed by atoms with Gasteiger partial charge < -0.3 is 20.7 Å². The number of nitrogens with zero attached hydrogens (tertiary/aromatic N) is 2. The number of aromatic nitrogens is 1. The lowest BCUT2D eigenvalue weighted by atomic mass is 10.3. The lowest BCUT2D eigenvalue weighted by Crippen LogP contribution is -2.17. The maximum absolute atomic E-state index is 5.80. The van der Waals surface area contributed by atoms with Gasteiger partial charge in [-0.3, -0.25) is 0 Å². The molecule has 0 aromatic carbocycles. The first kappa shape index (κ1) is 12.6. The van der Waals surface area contributed by atoms with Crippen molar-refractivity contribution in [1.82, 2.24) is 9.88 Å². The van der Waals surface area contributed by atoms with Crippen LogP contribution in [0.25, 0.3) is 0 Å². The largest absolute Gasteiger partial charge is 0.481 e. The maximum atomic E-state index is 5.80. The summed E-state index contributed by atoms with van der Waals surface area (Å²) < 4.78 is 5.04. The third kappa shape index (κ3) is 3.94. The Hall–Kier alpha value is -1.49. The number of nitrogen functional groups attached to an aromatic ring is 1. The molecular formula is C11H20N4O. The van der Waals surface area contributed by atoms with Gasteiger partial charge in [-0.15, -0.1) is 0 Å². The average molecular weight is 224 g/mol. The molecule has 0 aliphatic carbocycles. The minimum absolute atomic E-state index is 0.573. The normalized spacial score (nSPS) is 10.5. The molecule has 3 N–H and O–H groups in total. The summed E-state index contributed by atoms with van der Waals surface area (Å²) in [7, 11) is 5.70. The van der Waals surface area contributed by atoms with E-state index in [0.29, 0.717) is 17.4 Å². The van der Waals surface area contributed by atoms with Crippen LogP contribution in [0.15, 0.2) is 12.1 Å². The van der Waals surface area contributed by atoms with Crippen molar-refractivity contribution in [3.05, 3.63) is 12.1 Å². The van der Waals surface area contributed by atoms with Crippen LogP contribution < -0.4 is 15.8 Å². The van der Waals surface area contributed by atoms with Crippen molar-refractivity contribution in [2.45, 2.75) is 6.42 Å². The van der Waals surface area contributed by atoms with Gasteiger partial charge in [0.1, 0.15) is 0 Å². The van der Waals surface area contributed by atoms with Crippen LogP contribution in [0.4, 0.5) is 11.5 Å². The Morgan fingerprint density at radius 3 is 2.81 bits per heavy atom. The maximum Gasteiger partial charge on any atom is 0.215 e. The third-order valence-electron chi connectivity index (χ3n) is 2.18. The zero-order valence-corrected chi connectivity index (χ0v) is 10.2. The van der Waals surface area contributed by atoms with E-state index in [1.165, 1.54) is 0 Å². The number of nitrogens with one attached hydrogen (secondary N) is 1. The molecule has 0 radical (unpaired) electrons. The average Bonchev–Trinajstić information content (AvgIpc) is 2.26. The summed E-state index contributed by atoms with van der Waals surface area (Å²) in [6.45, 7) is 1.89. The van der Waals surface area contributed by atoms with Gasteiger partial charge in [-0.2, -0.15) is 4.98 Å². The Morgan fingerprint density at radius 1 is 1.44 bits per heavy atom. The third-order valence-corrected chi connectivity index (χ3v) is 2.18.